The van der Waals surface area contributed by atoms with Crippen molar-refractivity contribution in [1.29, 1.82) is 0 Å². The van der Waals surface area contributed by atoms with E-state index in [1.165, 1.54) is 42.4 Å². The molecule has 17 heavy (non-hydrogen) atoms. The van der Waals surface area contributed by atoms with Crippen molar-refractivity contribution >= 4 is 11.6 Å². The van der Waals surface area contributed by atoms with E-state index in [1.807, 2.05) is 0 Å². The summed E-state index contributed by atoms with van der Waals surface area (Å²) in [5.41, 5.74) is 4.03. The molecule has 94 valence electrons. The van der Waals surface area contributed by atoms with Crippen molar-refractivity contribution < 1.29 is 0 Å². The van der Waals surface area contributed by atoms with E-state index in [9.17, 15) is 0 Å². The van der Waals surface area contributed by atoms with Gasteiger partial charge in [-0.15, -0.1) is 11.6 Å². The van der Waals surface area contributed by atoms with E-state index >= 15 is 0 Å². The van der Waals surface area contributed by atoms with Crippen molar-refractivity contribution in [2.75, 3.05) is 0 Å². The molecule has 1 aromatic carbocycles. The molecule has 0 amide bonds. The van der Waals surface area contributed by atoms with Gasteiger partial charge in [0.2, 0.25) is 0 Å². The van der Waals surface area contributed by atoms with Crippen LogP contribution in [0.3, 0.4) is 0 Å². The lowest BCUT2D eigenvalue weighted by molar-refractivity contribution is 0.283. The van der Waals surface area contributed by atoms with Crippen LogP contribution in [0.2, 0.25) is 0 Å². The van der Waals surface area contributed by atoms with Gasteiger partial charge in [0, 0.05) is 0 Å². The average Bonchev–Trinajstić information content (AvgIpc) is 2.33. The van der Waals surface area contributed by atoms with Crippen LogP contribution in [-0.2, 0) is 0 Å². The second-order valence-corrected chi connectivity index (χ2v) is 6.24. The first-order valence-electron chi connectivity index (χ1n) is 6.79. The molecule has 0 heterocycles. The number of halogens is 1. The van der Waals surface area contributed by atoms with Gasteiger partial charge in [-0.1, -0.05) is 38.0 Å². The standard InChI is InChI=1S/C16H23Cl/c1-11-4-7-14(8-5-11)16(17)15-9-6-12(2)13(3)10-15/h6,9-11,14,16H,4-5,7-8H2,1-3H3. The molecule has 1 atom stereocenters. The van der Waals surface area contributed by atoms with Gasteiger partial charge in [0.15, 0.2) is 0 Å². The Morgan fingerprint density at radius 3 is 2.29 bits per heavy atom. The lowest BCUT2D eigenvalue weighted by Gasteiger charge is -2.30. The summed E-state index contributed by atoms with van der Waals surface area (Å²) in [6.45, 7) is 6.69. The summed E-state index contributed by atoms with van der Waals surface area (Å²) in [7, 11) is 0. The topological polar surface area (TPSA) is 0 Å². The minimum Gasteiger partial charge on any atom is -0.118 e. The molecule has 1 unspecified atom stereocenters. The predicted molar refractivity (Wildman–Crippen MR) is 75.6 cm³/mol. The molecular weight excluding hydrogens is 228 g/mol. The van der Waals surface area contributed by atoms with Gasteiger partial charge < -0.3 is 0 Å². The van der Waals surface area contributed by atoms with Crippen LogP contribution in [0.15, 0.2) is 18.2 Å². The van der Waals surface area contributed by atoms with Crippen molar-refractivity contribution in [2.45, 2.75) is 51.8 Å². The van der Waals surface area contributed by atoms with Gasteiger partial charge in [-0.25, -0.2) is 0 Å². The Bertz CT molecular complexity index is 375. The fraction of sp³-hybridized carbons (Fsp3) is 0.625. The third kappa shape index (κ3) is 3.04. The molecule has 0 aromatic heterocycles. The molecule has 1 saturated carbocycles. The summed E-state index contributed by atoms with van der Waals surface area (Å²) in [5.74, 6) is 1.57. The molecule has 0 N–H and O–H groups in total. The molecule has 1 aliphatic rings. The lowest BCUT2D eigenvalue weighted by Crippen LogP contribution is -2.16. The first kappa shape index (κ1) is 13.0. The Hall–Kier alpha value is -0.490. The maximum Gasteiger partial charge on any atom is 0.0613 e. The summed E-state index contributed by atoms with van der Waals surface area (Å²) in [4.78, 5) is 0. The molecule has 0 bridgehead atoms. The normalized spacial score (nSPS) is 26.8. The summed E-state index contributed by atoms with van der Waals surface area (Å²) in [6, 6.07) is 6.68. The molecule has 1 fully saturated rings. The van der Waals surface area contributed by atoms with Crippen LogP contribution in [0.25, 0.3) is 0 Å². The fourth-order valence-electron chi connectivity index (χ4n) is 2.79. The van der Waals surface area contributed by atoms with Gasteiger partial charge in [0.05, 0.1) is 5.38 Å². The number of benzene rings is 1. The Morgan fingerprint density at radius 1 is 1.06 bits per heavy atom. The maximum absolute atomic E-state index is 6.66. The molecular formula is C16H23Cl. The van der Waals surface area contributed by atoms with Crippen LogP contribution in [0.4, 0.5) is 0 Å². The Morgan fingerprint density at radius 2 is 1.71 bits per heavy atom. The zero-order chi connectivity index (χ0) is 12.4. The SMILES string of the molecule is Cc1ccc(C(Cl)C2CCC(C)CC2)cc1C. The highest BCUT2D eigenvalue weighted by Crippen LogP contribution is 2.40. The minimum absolute atomic E-state index is 0.210. The highest BCUT2D eigenvalue weighted by molar-refractivity contribution is 6.21. The van der Waals surface area contributed by atoms with Gasteiger partial charge in [-0.2, -0.15) is 0 Å². The van der Waals surface area contributed by atoms with Gasteiger partial charge in [0.1, 0.15) is 0 Å². The number of rotatable bonds is 2. The lowest BCUT2D eigenvalue weighted by atomic mass is 9.79. The van der Waals surface area contributed by atoms with Crippen LogP contribution in [0.5, 0.6) is 0 Å². The Labute approximate surface area is 110 Å². The van der Waals surface area contributed by atoms with Gasteiger partial charge in [-0.3, -0.25) is 0 Å². The van der Waals surface area contributed by atoms with Crippen LogP contribution >= 0.6 is 11.6 Å². The molecule has 0 saturated heterocycles. The first-order chi connectivity index (χ1) is 8.08. The van der Waals surface area contributed by atoms with E-state index < -0.39 is 0 Å². The van der Waals surface area contributed by atoms with Crippen molar-refractivity contribution in [3.63, 3.8) is 0 Å². The van der Waals surface area contributed by atoms with Crippen LogP contribution in [-0.4, -0.2) is 0 Å². The molecule has 2 rings (SSSR count). The molecule has 0 radical (unpaired) electrons. The quantitative estimate of drug-likeness (QED) is 0.616. The monoisotopic (exact) mass is 250 g/mol. The smallest absolute Gasteiger partial charge is 0.0613 e. The molecule has 1 aliphatic carbocycles. The zero-order valence-corrected chi connectivity index (χ0v) is 11.9. The van der Waals surface area contributed by atoms with E-state index in [0.717, 1.165) is 5.92 Å². The summed E-state index contributed by atoms with van der Waals surface area (Å²) >= 11 is 6.66. The van der Waals surface area contributed by atoms with E-state index in [4.69, 9.17) is 11.6 Å². The number of alkyl halides is 1. The third-order valence-corrected chi connectivity index (χ3v) is 4.93. The maximum atomic E-state index is 6.66. The number of hydrogen-bond acceptors (Lipinski definition) is 0. The van der Waals surface area contributed by atoms with Crippen molar-refractivity contribution in [1.82, 2.24) is 0 Å². The summed E-state index contributed by atoms with van der Waals surface area (Å²) in [5, 5.41) is 0.210. The predicted octanol–water partition coefficient (Wildman–Crippen LogP) is 5.41. The molecule has 0 aliphatic heterocycles. The van der Waals surface area contributed by atoms with Crippen molar-refractivity contribution in [2.24, 2.45) is 11.8 Å². The second-order valence-electron chi connectivity index (χ2n) is 5.77. The largest absolute Gasteiger partial charge is 0.118 e. The van der Waals surface area contributed by atoms with Gasteiger partial charge in [-0.05, 0) is 55.2 Å². The number of hydrogen-bond donors (Lipinski definition) is 0. The van der Waals surface area contributed by atoms with Crippen LogP contribution in [0, 0.1) is 25.7 Å². The van der Waals surface area contributed by atoms with Crippen LogP contribution in [0.1, 0.15) is 54.7 Å². The molecule has 0 nitrogen and oxygen atoms in total. The Kier molecular flexibility index (Phi) is 4.14. The summed E-state index contributed by atoms with van der Waals surface area (Å²) in [6.07, 6.45) is 5.28. The zero-order valence-electron chi connectivity index (χ0n) is 11.2. The molecule has 0 spiro atoms. The van der Waals surface area contributed by atoms with E-state index in [0.29, 0.717) is 5.92 Å². The van der Waals surface area contributed by atoms with E-state index in [2.05, 4.69) is 39.0 Å². The van der Waals surface area contributed by atoms with E-state index in [1.54, 1.807) is 0 Å². The fourth-order valence-corrected chi connectivity index (χ4v) is 3.17. The second kappa shape index (κ2) is 5.44. The highest BCUT2D eigenvalue weighted by Gasteiger charge is 2.25. The summed E-state index contributed by atoms with van der Waals surface area (Å²) < 4.78 is 0. The van der Waals surface area contributed by atoms with Crippen molar-refractivity contribution in [3.05, 3.63) is 34.9 Å². The van der Waals surface area contributed by atoms with Gasteiger partial charge >= 0.3 is 0 Å². The third-order valence-electron chi connectivity index (χ3n) is 4.32. The Balaban J connectivity index is 2.08. The van der Waals surface area contributed by atoms with E-state index in [-0.39, 0.29) is 5.38 Å². The van der Waals surface area contributed by atoms with Gasteiger partial charge in [0.25, 0.3) is 0 Å². The highest BCUT2D eigenvalue weighted by atomic mass is 35.5. The average molecular weight is 251 g/mol. The molecule has 1 heteroatoms. The van der Waals surface area contributed by atoms with Crippen LogP contribution < -0.4 is 0 Å². The molecule has 1 aromatic rings. The van der Waals surface area contributed by atoms with Crippen molar-refractivity contribution in [3.8, 4) is 0 Å². The minimum atomic E-state index is 0.210. The number of aryl methyl sites for hydroxylation is 2. The first-order valence-corrected chi connectivity index (χ1v) is 7.23.